The van der Waals surface area contributed by atoms with Gasteiger partial charge in [-0.1, -0.05) is 24.3 Å². The molecule has 2 N–H and O–H groups in total. The first-order valence-electron chi connectivity index (χ1n) is 4.17. The molecule has 68 valence electrons. The monoisotopic (exact) mass is 195 g/mol. The Morgan fingerprint density at radius 2 is 1.77 bits per heavy atom. The number of halogens is 1. The van der Waals surface area contributed by atoms with Crippen molar-refractivity contribution in [2.75, 3.05) is 0 Å². The Kier molecular flexibility index (Phi) is 1.90. The average Bonchev–Trinajstić information content (AvgIpc) is 2.42. The molecule has 0 bridgehead atoms. The Balaban J connectivity index is 2.37. The van der Waals surface area contributed by atoms with Gasteiger partial charge in [0.2, 0.25) is 5.24 Å². The third-order valence-corrected chi connectivity index (χ3v) is 2.90. The van der Waals surface area contributed by atoms with Gasteiger partial charge in [-0.25, -0.2) is 0 Å². The fourth-order valence-electron chi connectivity index (χ4n) is 1.78. The summed E-state index contributed by atoms with van der Waals surface area (Å²) in [5.74, 6) is 0. The van der Waals surface area contributed by atoms with E-state index in [0.29, 0.717) is 12.8 Å². The molecule has 1 aliphatic carbocycles. The molecule has 0 saturated heterocycles. The van der Waals surface area contributed by atoms with E-state index in [2.05, 4.69) is 0 Å². The van der Waals surface area contributed by atoms with E-state index in [1.807, 2.05) is 24.3 Å². The summed E-state index contributed by atoms with van der Waals surface area (Å²) in [5.41, 5.74) is 7.28. The van der Waals surface area contributed by atoms with Gasteiger partial charge in [-0.2, -0.15) is 0 Å². The van der Waals surface area contributed by atoms with Crippen molar-refractivity contribution in [1.29, 1.82) is 0 Å². The minimum absolute atomic E-state index is 0.441. The molecule has 2 nitrogen and oxygen atoms in total. The van der Waals surface area contributed by atoms with E-state index in [-0.39, 0.29) is 0 Å². The number of hydrogen-bond acceptors (Lipinski definition) is 2. The van der Waals surface area contributed by atoms with Gasteiger partial charge in [0.05, 0.1) is 5.54 Å². The molecule has 1 aromatic carbocycles. The summed E-state index contributed by atoms with van der Waals surface area (Å²) in [6, 6.07) is 7.88. The second-order valence-corrected chi connectivity index (χ2v) is 3.90. The molecule has 1 aliphatic rings. The van der Waals surface area contributed by atoms with Crippen LogP contribution in [0.3, 0.4) is 0 Å². The van der Waals surface area contributed by atoms with Crippen LogP contribution in [-0.2, 0) is 17.6 Å². The number of rotatable bonds is 1. The molecule has 0 amide bonds. The quantitative estimate of drug-likeness (QED) is 0.686. The number of carbonyl (C=O) groups excluding carboxylic acids is 1. The van der Waals surface area contributed by atoms with Gasteiger partial charge in [-0.3, -0.25) is 4.79 Å². The smallest absolute Gasteiger partial charge is 0.242 e. The van der Waals surface area contributed by atoms with Crippen LogP contribution in [0.5, 0.6) is 0 Å². The first-order valence-corrected chi connectivity index (χ1v) is 4.55. The van der Waals surface area contributed by atoms with Gasteiger partial charge in [-0.15, -0.1) is 0 Å². The van der Waals surface area contributed by atoms with E-state index in [0.717, 1.165) is 11.1 Å². The average molecular weight is 196 g/mol. The Morgan fingerprint density at radius 1 is 1.31 bits per heavy atom. The third kappa shape index (κ3) is 1.36. The first-order chi connectivity index (χ1) is 6.12. The summed E-state index contributed by atoms with van der Waals surface area (Å²) in [6.07, 6.45) is 1.12. The summed E-state index contributed by atoms with van der Waals surface area (Å²) in [7, 11) is 0. The molecule has 0 heterocycles. The van der Waals surface area contributed by atoms with E-state index in [1.165, 1.54) is 0 Å². The topological polar surface area (TPSA) is 43.1 Å². The maximum atomic E-state index is 11.1. The zero-order valence-corrected chi connectivity index (χ0v) is 7.84. The van der Waals surface area contributed by atoms with Crippen molar-refractivity contribution in [3.05, 3.63) is 35.4 Å². The zero-order valence-electron chi connectivity index (χ0n) is 7.09. The highest BCUT2D eigenvalue weighted by Gasteiger charge is 2.38. The molecule has 0 aliphatic heterocycles. The second kappa shape index (κ2) is 2.82. The highest BCUT2D eigenvalue weighted by Crippen LogP contribution is 2.29. The fraction of sp³-hybridized carbons (Fsp3) is 0.300. The number of benzene rings is 1. The van der Waals surface area contributed by atoms with Crippen molar-refractivity contribution in [3.63, 3.8) is 0 Å². The van der Waals surface area contributed by atoms with E-state index in [4.69, 9.17) is 17.3 Å². The first kappa shape index (κ1) is 8.73. The van der Waals surface area contributed by atoms with Crippen LogP contribution in [0.2, 0.25) is 0 Å². The van der Waals surface area contributed by atoms with Crippen LogP contribution in [-0.4, -0.2) is 10.8 Å². The lowest BCUT2D eigenvalue weighted by atomic mass is 9.99. The Bertz CT molecular complexity index is 337. The molecule has 13 heavy (non-hydrogen) atoms. The standard InChI is InChI=1S/C10H10ClNO/c11-9(13)10(12)5-7-3-1-2-4-8(7)6-10/h1-4H,5-6,12H2. The summed E-state index contributed by atoms with van der Waals surface area (Å²) in [4.78, 5) is 11.1. The molecule has 0 radical (unpaired) electrons. The van der Waals surface area contributed by atoms with Gasteiger partial charge in [0.1, 0.15) is 0 Å². The molecule has 2 rings (SSSR count). The maximum Gasteiger partial charge on any atom is 0.242 e. The van der Waals surface area contributed by atoms with E-state index in [1.54, 1.807) is 0 Å². The predicted molar refractivity (Wildman–Crippen MR) is 51.6 cm³/mol. The number of fused-ring (bicyclic) bond motifs is 1. The van der Waals surface area contributed by atoms with Gasteiger partial charge < -0.3 is 5.73 Å². The summed E-state index contributed by atoms with van der Waals surface area (Å²) >= 11 is 5.45. The van der Waals surface area contributed by atoms with Crippen LogP contribution >= 0.6 is 11.6 Å². The second-order valence-electron chi connectivity index (χ2n) is 3.55. The SMILES string of the molecule is NC1(C(=O)Cl)Cc2ccccc2C1. The molecule has 0 fully saturated rings. The molecule has 0 aromatic heterocycles. The zero-order chi connectivity index (χ0) is 9.47. The van der Waals surface area contributed by atoms with Crippen LogP contribution in [0, 0.1) is 0 Å². The summed E-state index contributed by atoms with van der Waals surface area (Å²) in [6.45, 7) is 0. The molecule has 0 unspecified atom stereocenters. The van der Waals surface area contributed by atoms with Crippen LogP contribution in [0.4, 0.5) is 0 Å². The van der Waals surface area contributed by atoms with Gasteiger partial charge in [-0.05, 0) is 35.6 Å². The van der Waals surface area contributed by atoms with Crippen LogP contribution < -0.4 is 5.73 Å². The minimum atomic E-state index is -0.870. The Morgan fingerprint density at radius 3 is 2.15 bits per heavy atom. The van der Waals surface area contributed by atoms with Crippen molar-refractivity contribution in [1.82, 2.24) is 0 Å². The normalized spacial score (nSPS) is 18.3. The van der Waals surface area contributed by atoms with Crippen molar-refractivity contribution in [3.8, 4) is 0 Å². The molecule has 0 saturated carbocycles. The van der Waals surface area contributed by atoms with Crippen molar-refractivity contribution < 1.29 is 4.79 Å². The molecule has 1 aromatic rings. The molecule has 0 spiro atoms. The highest BCUT2D eigenvalue weighted by atomic mass is 35.5. The van der Waals surface area contributed by atoms with Gasteiger partial charge in [0.25, 0.3) is 0 Å². The van der Waals surface area contributed by atoms with E-state index >= 15 is 0 Å². The van der Waals surface area contributed by atoms with Gasteiger partial charge in [0, 0.05) is 0 Å². The van der Waals surface area contributed by atoms with Crippen LogP contribution in [0.1, 0.15) is 11.1 Å². The van der Waals surface area contributed by atoms with E-state index in [9.17, 15) is 4.79 Å². The maximum absolute atomic E-state index is 11.1. The Labute approximate surface area is 81.7 Å². The van der Waals surface area contributed by atoms with E-state index < -0.39 is 10.8 Å². The largest absolute Gasteiger partial charge is 0.317 e. The van der Waals surface area contributed by atoms with Crippen molar-refractivity contribution in [2.24, 2.45) is 5.73 Å². The van der Waals surface area contributed by atoms with Gasteiger partial charge in [0.15, 0.2) is 0 Å². The lowest BCUT2D eigenvalue weighted by molar-refractivity contribution is -0.116. The fourth-order valence-corrected chi connectivity index (χ4v) is 1.92. The van der Waals surface area contributed by atoms with Crippen molar-refractivity contribution >= 4 is 16.8 Å². The number of nitrogens with two attached hydrogens (primary N) is 1. The lowest BCUT2D eigenvalue weighted by Crippen LogP contribution is -2.46. The minimum Gasteiger partial charge on any atom is -0.317 e. The molecule has 0 atom stereocenters. The number of carbonyl (C=O) groups is 1. The summed E-state index contributed by atoms with van der Waals surface area (Å²) < 4.78 is 0. The molecular weight excluding hydrogens is 186 g/mol. The highest BCUT2D eigenvalue weighted by molar-refractivity contribution is 6.65. The molecular formula is C10H10ClNO. The molecule has 3 heteroatoms. The Hall–Kier alpha value is -0.860. The number of hydrogen-bond donors (Lipinski definition) is 1. The summed E-state index contributed by atoms with van der Waals surface area (Å²) in [5, 5.41) is -0.441. The third-order valence-electron chi connectivity index (χ3n) is 2.52. The van der Waals surface area contributed by atoms with Crippen LogP contribution in [0.25, 0.3) is 0 Å². The van der Waals surface area contributed by atoms with Gasteiger partial charge >= 0.3 is 0 Å². The van der Waals surface area contributed by atoms with Crippen LogP contribution in [0.15, 0.2) is 24.3 Å². The lowest BCUT2D eigenvalue weighted by Gasteiger charge is -2.16. The predicted octanol–water partition coefficient (Wildman–Crippen LogP) is 1.25. The van der Waals surface area contributed by atoms with Crippen molar-refractivity contribution in [2.45, 2.75) is 18.4 Å².